The third-order valence-electron chi connectivity index (χ3n) is 4.06. The van der Waals surface area contributed by atoms with Crippen LogP contribution in [0.2, 0.25) is 0 Å². The van der Waals surface area contributed by atoms with E-state index in [2.05, 4.69) is 29.3 Å². The average molecular weight is 313 g/mol. The molecule has 0 atom stereocenters. The fraction of sp³-hybridized carbons (Fsp3) is 0.353. The van der Waals surface area contributed by atoms with Gasteiger partial charge in [0.1, 0.15) is 5.76 Å². The predicted molar refractivity (Wildman–Crippen MR) is 86.1 cm³/mol. The highest BCUT2D eigenvalue weighted by atomic mass is 16.4. The first kappa shape index (κ1) is 15.3. The molecule has 2 aromatic rings. The molecule has 1 amide bonds. The van der Waals surface area contributed by atoms with Crippen molar-refractivity contribution in [2.75, 3.05) is 5.32 Å². The van der Waals surface area contributed by atoms with E-state index in [9.17, 15) is 10.0 Å². The Hall–Kier alpha value is -2.63. The van der Waals surface area contributed by atoms with E-state index < -0.39 is 0 Å². The zero-order valence-corrected chi connectivity index (χ0v) is 13.4. The summed E-state index contributed by atoms with van der Waals surface area (Å²) in [4.78, 5) is 16.4. The highest BCUT2D eigenvalue weighted by Gasteiger charge is 2.36. The highest BCUT2D eigenvalue weighted by Crippen LogP contribution is 2.38. The number of hydrogen-bond donors (Lipinski definition) is 2. The van der Waals surface area contributed by atoms with Gasteiger partial charge in [0.15, 0.2) is 5.76 Å². The van der Waals surface area contributed by atoms with Gasteiger partial charge < -0.3 is 14.9 Å². The second kappa shape index (κ2) is 5.53. The zero-order valence-electron chi connectivity index (χ0n) is 13.4. The minimum absolute atomic E-state index is 0.0717. The average Bonchev–Trinajstić information content (AvgIpc) is 2.83. The van der Waals surface area contributed by atoms with E-state index in [-0.39, 0.29) is 17.1 Å². The Balaban J connectivity index is 1.97. The number of oxime groups is 1. The Morgan fingerprint density at radius 3 is 2.70 bits per heavy atom. The maximum atomic E-state index is 12.5. The smallest absolute Gasteiger partial charge is 0.291 e. The summed E-state index contributed by atoms with van der Waals surface area (Å²) in [5.41, 5.74) is 2.61. The lowest BCUT2D eigenvalue weighted by Crippen LogP contribution is -2.27. The molecule has 0 aromatic carbocycles. The summed E-state index contributed by atoms with van der Waals surface area (Å²) < 4.78 is 5.82. The number of rotatable bonds is 2. The third kappa shape index (κ3) is 2.84. The summed E-state index contributed by atoms with van der Waals surface area (Å²) in [5.74, 6) is 0.635. The normalized spacial score (nSPS) is 17.8. The van der Waals surface area contributed by atoms with E-state index in [0.29, 0.717) is 35.6 Å². The third-order valence-corrected chi connectivity index (χ3v) is 4.06. The van der Waals surface area contributed by atoms with Crippen LogP contribution in [0.15, 0.2) is 34.1 Å². The predicted octanol–water partition coefficient (Wildman–Crippen LogP) is 3.39. The number of hydrogen-bond acceptors (Lipinski definition) is 5. The van der Waals surface area contributed by atoms with Crippen molar-refractivity contribution in [2.45, 2.75) is 33.6 Å². The Morgan fingerprint density at radius 1 is 1.35 bits per heavy atom. The minimum atomic E-state index is -0.321. The lowest BCUT2D eigenvalue weighted by atomic mass is 9.75. The molecule has 0 aliphatic heterocycles. The molecule has 120 valence electrons. The second-order valence-corrected chi connectivity index (χ2v) is 6.61. The highest BCUT2D eigenvalue weighted by molar-refractivity contribution is 6.09. The molecule has 2 heterocycles. The topological polar surface area (TPSA) is 87.7 Å². The van der Waals surface area contributed by atoms with Gasteiger partial charge in [-0.3, -0.25) is 9.78 Å². The van der Waals surface area contributed by atoms with Gasteiger partial charge in [-0.25, -0.2) is 0 Å². The van der Waals surface area contributed by atoms with Crippen LogP contribution in [0.3, 0.4) is 0 Å². The van der Waals surface area contributed by atoms with Crippen LogP contribution in [0, 0.1) is 12.3 Å². The molecule has 0 saturated carbocycles. The summed E-state index contributed by atoms with van der Waals surface area (Å²) in [6.07, 6.45) is 4.55. The van der Waals surface area contributed by atoms with Crippen molar-refractivity contribution in [3.63, 3.8) is 0 Å². The van der Waals surface area contributed by atoms with Gasteiger partial charge in [0.05, 0.1) is 5.71 Å². The van der Waals surface area contributed by atoms with Crippen molar-refractivity contribution in [1.82, 2.24) is 4.98 Å². The van der Waals surface area contributed by atoms with Gasteiger partial charge in [-0.15, -0.1) is 0 Å². The van der Waals surface area contributed by atoms with Crippen LogP contribution in [-0.2, 0) is 6.42 Å². The van der Waals surface area contributed by atoms with Crippen molar-refractivity contribution < 1.29 is 14.4 Å². The Morgan fingerprint density at radius 2 is 2.04 bits per heavy atom. The lowest BCUT2D eigenvalue weighted by Gasteiger charge is -2.28. The summed E-state index contributed by atoms with van der Waals surface area (Å²) in [5, 5.41) is 15.5. The first-order valence-electron chi connectivity index (χ1n) is 7.46. The number of aromatic nitrogens is 1. The quantitative estimate of drug-likeness (QED) is 0.657. The molecule has 0 radical (unpaired) electrons. The van der Waals surface area contributed by atoms with E-state index in [1.807, 2.05) is 6.92 Å². The fourth-order valence-electron chi connectivity index (χ4n) is 3.04. The summed E-state index contributed by atoms with van der Waals surface area (Å²) in [6.45, 7) is 5.97. The second-order valence-electron chi connectivity index (χ2n) is 6.61. The van der Waals surface area contributed by atoms with E-state index in [1.165, 1.54) is 0 Å². The molecular formula is C17H19N3O3. The van der Waals surface area contributed by atoms with E-state index in [1.54, 1.807) is 24.5 Å². The van der Waals surface area contributed by atoms with Gasteiger partial charge in [0.25, 0.3) is 5.91 Å². The van der Waals surface area contributed by atoms with Crippen LogP contribution in [0.4, 0.5) is 5.69 Å². The van der Waals surface area contributed by atoms with Crippen molar-refractivity contribution in [3.8, 4) is 0 Å². The summed E-state index contributed by atoms with van der Waals surface area (Å²) in [6, 6.07) is 3.42. The number of anilines is 1. The van der Waals surface area contributed by atoms with E-state index in [0.717, 1.165) is 5.56 Å². The van der Waals surface area contributed by atoms with Crippen LogP contribution in [0.5, 0.6) is 0 Å². The number of carbonyl (C=O) groups excluding carboxylic acids is 1. The molecule has 2 aromatic heterocycles. The Labute approximate surface area is 134 Å². The van der Waals surface area contributed by atoms with Crippen LogP contribution in [0.1, 0.15) is 47.7 Å². The van der Waals surface area contributed by atoms with Crippen molar-refractivity contribution in [2.24, 2.45) is 10.6 Å². The van der Waals surface area contributed by atoms with Crippen molar-refractivity contribution in [1.29, 1.82) is 0 Å². The van der Waals surface area contributed by atoms with Crippen LogP contribution < -0.4 is 5.32 Å². The van der Waals surface area contributed by atoms with Gasteiger partial charge in [-0.2, -0.15) is 0 Å². The van der Waals surface area contributed by atoms with Gasteiger partial charge in [-0.1, -0.05) is 19.0 Å². The van der Waals surface area contributed by atoms with E-state index >= 15 is 0 Å². The number of furan rings is 1. The SMILES string of the molecule is Cc1c(C(=O)Nc2ccncc2)oc2c1C(=NO)CC(C)(C)C2. The van der Waals surface area contributed by atoms with Gasteiger partial charge in [0, 0.05) is 35.6 Å². The summed E-state index contributed by atoms with van der Waals surface area (Å²) in [7, 11) is 0. The molecule has 6 heteroatoms. The summed E-state index contributed by atoms with van der Waals surface area (Å²) >= 11 is 0. The molecule has 3 rings (SSSR count). The lowest BCUT2D eigenvalue weighted by molar-refractivity contribution is 0.0993. The van der Waals surface area contributed by atoms with Gasteiger partial charge >= 0.3 is 0 Å². The number of nitrogens with one attached hydrogen (secondary N) is 1. The minimum Gasteiger partial charge on any atom is -0.455 e. The Bertz CT molecular complexity index is 776. The first-order chi connectivity index (χ1) is 10.9. The monoisotopic (exact) mass is 313 g/mol. The molecular weight excluding hydrogens is 294 g/mol. The number of fused-ring (bicyclic) bond motifs is 1. The molecule has 0 fully saturated rings. The molecule has 1 aliphatic carbocycles. The zero-order chi connectivity index (χ0) is 16.6. The van der Waals surface area contributed by atoms with Crippen molar-refractivity contribution >= 4 is 17.3 Å². The van der Waals surface area contributed by atoms with Crippen molar-refractivity contribution in [3.05, 3.63) is 47.2 Å². The number of nitrogens with zero attached hydrogens (tertiary/aromatic N) is 2. The fourth-order valence-corrected chi connectivity index (χ4v) is 3.04. The number of carbonyl (C=O) groups is 1. The van der Waals surface area contributed by atoms with Gasteiger partial charge in [0.2, 0.25) is 0 Å². The molecule has 0 unspecified atom stereocenters. The standard InChI is InChI=1S/C17H19N3O3/c1-10-14-12(20-22)8-17(2,3)9-13(14)23-15(10)16(21)19-11-4-6-18-7-5-11/h4-7,22H,8-9H2,1-3H3,(H,18,19,21). The molecule has 0 bridgehead atoms. The molecule has 2 N–H and O–H groups in total. The number of amides is 1. The maximum Gasteiger partial charge on any atom is 0.291 e. The van der Waals surface area contributed by atoms with Gasteiger partial charge in [-0.05, 0) is 30.9 Å². The van der Waals surface area contributed by atoms with Crippen LogP contribution >= 0.6 is 0 Å². The van der Waals surface area contributed by atoms with E-state index in [4.69, 9.17) is 4.42 Å². The molecule has 6 nitrogen and oxygen atoms in total. The van der Waals surface area contributed by atoms with Crippen LogP contribution in [0.25, 0.3) is 0 Å². The Kier molecular flexibility index (Phi) is 3.67. The molecule has 0 saturated heterocycles. The number of pyridine rings is 1. The van der Waals surface area contributed by atoms with Crippen LogP contribution in [-0.4, -0.2) is 21.8 Å². The molecule has 0 spiro atoms. The first-order valence-corrected chi connectivity index (χ1v) is 7.46. The largest absolute Gasteiger partial charge is 0.455 e. The molecule has 1 aliphatic rings. The maximum absolute atomic E-state index is 12.5. The molecule has 23 heavy (non-hydrogen) atoms.